The lowest BCUT2D eigenvalue weighted by atomic mass is 9.78. The van der Waals surface area contributed by atoms with Gasteiger partial charge in [0, 0.05) is 18.6 Å². The van der Waals surface area contributed by atoms with Crippen molar-refractivity contribution in [3.63, 3.8) is 0 Å². The fourth-order valence-electron chi connectivity index (χ4n) is 3.97. The van der Waals surface area contributed by atoms with Crippen molar-refractivity contribution >= 4 is 0 Å². The summed E-state index contributed by atoms with van der Waals surface area (Å²) in [6, 6.07) is 0. The van der Waals surface area contributed by atoms with Crippen LogP contribution < -0.4 is 5.32 Å². The predicted octanol–water partition coefficient (Wildman–Crippen LogP) is 2.77. The molecule has 2 heterocycles. The number of rotatable bonds is 5. The van der Waals surface area contributed by atoms with Crippen molar-refractivity contribution in [3.8, 4) is 0 Å². The average Bonchev–Trinajstić information content (AvgIpc) is 2.52. The van der Waals surface area contributed by atoms with Gasteiger partial charge in [-0.3, -0.25) is 10.2 Å². The van der Waals surface area contributed by atoms with E-state index in [0.717, 1.165) is 45.8 Å². The molecule has 2 saturated heterocycles. The molecule has 4 heteroatoms. The standard InChI is InChI=1S/C17H34N2O2/c1-6-9-17(8-3)14-21-15(4,7-2)16(5,18-17)19-10-12-20-13-11-19/h18H,6-14H2,1-5H3. The van der Waals surface area contributed by atoms with Crippen molar-refractivity contribution in [1.82, 2.24) is 10.2 Å². The molecule has 0 saturated carbocycles. The average molecular weight is 298 g/mol. The van der Waals surface area contributed by atoms with Crippen LogP contribution in [-0.4, -0.2) is 54.6 Å². The molecule has 0 aromatic heterocycles. The lowest BCUT2D eigenvalue weighted by Gasteiger charge is -2.61. The van der Waals surface area contributed by atoms with Gasteiger partial charge in [-0.05, 0) is 33.1 Å². The van der Waals surface area contributed by atoms with Crippen LogP contribution in [-0.2, 0) is 9.47 Å². The Labute approximate surface area is 130 Å². The van der Waals surface area contributed by atoms with Crippen LogP contribution in [0.5, 0.6) is 0 Å². The van der Waals surface area contributed by atoms with Crippen LogP contribution in [0, 0.1) is 0 Å². The van der Waals surface area contributed by atoms with Crippen LogP contribution in [0.3, 0.4) is 0 Å². The van der Waals surface area contributed by atoms with E-state index in [2.05, 4.69) is 44.8 Å². The van der Waals surface area contributed by atoms with Gasteiger partial charge in [-0.15, -0.1) is 0 Å². The highest BCUT2D eigenvalue weighted by molar-refractivity contribution is 5.09. The van der Waals surface area contributed by atoms with Gasteiger partial charge in [0.2, 0.25) is 0 Å². The Morgan fingerprint density at radius 2 is 1.71 bits per heavy atom. The Hall–Kier alpha value is -0.160. The van der Waals surface area contributed by atoms with Gasteiger partial charge in [0.25, 0.3) is 0 Å². The summed E-state index contributed by atoms with van der Waals surface area (Å²) in [6.07, 6.45) is 4.48. The van der Waals surface area contributed by atoms with Gasteiger partial charge in [-0.2, -0.15) is 0 Å². The molecule has 124 valence electrons. The number of morpholine rings is 2. The zero-order chi connectivity index (χ0) is 15.6. The maximum absolute atomic E-state index is 6.50. The van der Waals surface area contributed by atoms with Gasteiger partial charge in [0.15, 0.2) is 0 Å². The molecular formula is C17H34N2O2. The van der Waals surface area contributed by atoms with E-state index >= 15 is 0 Å². The third-order valence-electron chi connectivity index (χ3n) is 5.93. The number of nitrogens with one attached hydrogen (secondary N) is 1. The Bertz CT molecular complexity index is 346. The van der Waals surface area contributed by atoms with Gasteiger partial charge in [0.1, 0.15) is 0 Å². The topological polar surface area (TPSA) is 33.7 Å². The molecule has 2 aliphatic rings. The maximum atomic E-state index is 6.50. The first kappa shape index (κ1) is 17.2. The smallest absolute Gasteiger partial charge is 0.0985 e. The highest BCUT2D eigenvalue weighted by Gasteiger charge is 2.56. The van der Waals surface area contributed by atoms with E-state index in [-0.39, 0.29) is 16.8 Å². The molecule has 0 aliphatic carbocycles. The van der Waals surface area contributed by atoms with E-state index in [1.54, 1.807) is 0 Å². The molecule has 2 fully saturated rings. The summed E-state index contributed by atoms with van der Waals surface area (Å²) in [4.78, 5) is 2.54. The molecular weight excluding hydrogens is 264 g/mol. The Kier molecular flexibility index (Phi) is 5.35. The van der Waals surface area contributed by atoms with Crippen LogP contribution in [0.25, 0.3) is 0 Å². The summed E-state index contributed by atoms with van der Waals surface area (Å²) >= 11 is 0. The van der Waals surface area contributed by atoms with Crippen LogP contribution in [0.1, 0.15) is 60.3 Å². The van der Waals surface area contributed by atoms with Gasteiger partial charge in [-0.1, -0.05) is 27.2 Å². The highest BCUT2D eigenvalue weighted by atomic mass is 16.5. The van der Waals surface area contributed by atoms with E-state index in [9.17, 15) is 0 Å². The molecule has 21 heavy (non-hydrogen) atoms. The minimum absolute atomic E-state index is 0.108. The molecule has 1 N–H and O–H groups in total. The Morgan fingerprint density at radius 1 is 1.05 bits per heavy atom. The number of nitrogens with zero attached hydrogens (tertiary/aromatic N) is 1. The molecule has 0 aromatic rings. The second-order valence-corrected chi connectivity index (χ2v) is 7.05. The van der Waals surface area contributed by atoms with Crippen molar-refractivity contribution in [2.45, 2.75) is 77.1 Å². The van der Waals surface area contributed by atoms with E-state index in [1.807, 2.05) is 0 Å². The molecule has 0 amide bonds. The maximum Gasteiger partial charge on any atom is 0.0985 e. The van der Waals surface area contributed by atoms with Gasteiger partial charge in [-0.25, -0.2) is 0 Å². The summed E-state index contributed by atoms with van der Waals surface area (Å²) in [5.41, 5.74) is -0.178. The quantitative estimate of drug-likeness (QED) is 0.846. The zero-order valence-corrected chi connectivity index (χ0v) is 14.6. The molecule has 2 rings (SSSR count). The Balaban J connectivity index is 2.29. The number of hydrogen-bond acceptors (Lipinski definition) is 4. The highest BCUT2D eigenvalue weighted by Crippen LogP contribution is 2.41. The Morgan fingerprint density at radius 3 is 2.24 bits per heavy atom. The molecule has 3 unspecified atom stereocenters. The summed E-state index contributed by atoms with van der Waals surface area (Å²) in [5.74, 6) is 0. The summed E-state index contributed by atoms with van der Waals surface area (Å²) < 4.78 is 12.1. The first-order chi connectivity index (χ1) is 9.95. The third-order valence-corrected chi connectivity index (χ3v) is 5.93. The number of ether oxygens (including phenoxy) is 2. The normalized spacial score (nSPS) is 42.1. The molecule has 2 aliphatic heterocycles. The minimum atomic E-state index is -0.156. The predicted molar refractivity (Wildman–Crippen MR) is 86.5 cm³/mol. The largest absolute Gasteiger partial charge is 0.379 e. The van der Waals surface area contributed by atoms with E-state index in [1.165, 1.54) is 12.8 Å². The summed E-state index contributed by atoms with van der Waals surface area (Å²) in [6.45, 7) is 15.8. The second-order valence-electron chi connectivity index (χ2n) is 7.05. The lowest BCUT2D eigenvalue weighted by molar-refractivity contribution is -0.224. The molecule has 0 bridgehead atoms. The van der Waals surface area contributed by atoms with E-state index in [0.29, 0.717) is 0 Å². The van der Waals surface area contributed by atoms with Crippen LogP contribution >= 0.6 is 0 Å². The first-order valence-electron chi connectivity index (χ1n) is 8.71. The first-order valence-corrected chi connectivity index (χ1v) is 8.71. The van der Waals surface area contributed by atoms with Crippen molar-refractivity contribution < 1.29 is 9.47 Å². The van der Waals surface area contributed by atoms with Crippen molar-refractivity contribution in [1.29, 1.82) is 0 Å². The molecule has 4 nitrogen and oxygen atoms in total. The lowest BCUT2D eigenvalue weighted by Crippen LogP contribution is -2.79. The van der Waals surface area contributed by atoms with Crippen LogP contribution in [0.2, 0.25) is 0 Å². The third kappa shape index (κ3) is 3.00. The van der Waals surface area contributed by atoms with Crippen molar-refractivity contribution in [3.05, 3.63) is 0 Å². The summed E-state index contributed by atoms with van der Waals surface area (Å²) in [7, 11) is 0. The zero-order valence-electron chi connectivity index (χ0n) is 14.6. The van der Waals surface area contributed by atoms with Gasteiger partial charge in [0.05, 0.1) is 31.1 Å². The van der Waals surface area contributed by atoms with E-state index in [4.69, 9.17) is 9.47 Å². The van der Waals surface area contributed by atoms with Gasteiger partial charge >= 0.3 is 0 Å². The van der Waals surface area contributed by atoms with Gasteiger partial charge < -0.3 is 9.47 Å². The molecule has 0 radical (unpaired) electrons. The van der Waals surface area contributed by atoms with Crippen molar-refractivity contribution in [2.24, 2.45) is 0 Å². The molecule has 0 aromatic carbocycles. The SMILES string of the molecule is CCCC1(CC)COC(C)(CC)C(C)(N2CCOCC2)N1. The summed E-state index contributed by atoms with van der Waals surface area (Å²) in [5, 5.41) is 4.05. The number of hydrogen-bond donors (Lipinski definition) is 1. The second kappa shape index (κ2) is 6.53. The fraction of sp³-hybridized carbons (Fsp3) is 1.00. The van der Waals surface area contributed by atoms with E-state index < -0.39 is 0 Å². The van der Waals surface area contributed by atoms with Crippen molar-refractivity contribution in [2.75, 3.05) is 32.9 Å². The van der Waals surface area contributed by atoms with Crippen LogP contribution in [0.15, 0.2) is 0 Å². The fourth-order valence-corrected chi connectivity index (χ4v) is 3.97. The monoisotopic (exact) mass is 298 g/mol. The minimum Gasteiger partial charge on any atom is -0.379 e. The van der Waals surface area contributed by atoms with Crippen LogP contribution in [0.4, 0.5) is 0 Å². The molecule has 3 atom stereocenters. The molecule has 0 spiro atoms.